The van der Waals surface area contributed by atoms with E-state index in [9.17, 15) is 19.8 Å². The van der Waals surface area contributed by atoms with Gasteiger partial charge in [-0.15, -0.1) is 0 Å². The van der Waals surface area contributed by atoms with E-state index in [2.05, 4.69) is 39.6 Å². The Morgan fingerprint density at radius 3 is 2.49 bits per heavy atom. The second-order valence-electron chi connectivity index (χ2n) is 12.7. The zero-order chi connectivity index (χ0) is 34.2. The minimum absolute atomic E-state index is 0.149. The zero-order valence-electron chi connectivity index (χ0n) is 27.8. The van der Waals surface area contributed by atoms with Gasteiger partial charge in [0.15, 0.2) is 5.82 Å². The monoisotopic (exact) mass is 657 g/mol. The summed E-state index contributed by atoms with van der Waals surface area (Å²) in [6, 6.07) is 19.4. The van der Waals surface area contributed by atoms with Crippen LogP contribution in [-0.4, -0.2) is 65.9 Å². The SMILES string of the molecule is Cc1c(NC(=O)c2cc3c(=O)n(CCO)ccc3n2C)cccc1-c1cccc(Nc2nccc3cc(CN4CC[C@@H](O)C4)cnc23)c1C. The number of rotatable bonds is 9. The summed E-state index contributed by atoms with van der Waals surface area (Å²) in [6.07, 6.45) is 5.85. The topological polar surface area (TPSA) is 138 Å². The summed E-state index contributed by atoms with van der Waals surface area (Å²) in [6.45, 7) is 6.40. The molecule has 0 saturated carbocycles. The number of amides is 1. The lowest BCUT2D eigenvalue weighted by Gasteiger charge is -2.18. The van der Waals surface area contributed by atoms with E-state index in [1.54, 1.807) is 36.1 Å². The third kappa shape index (κ3) is 6.19. The average Bonchev–Trinajstić information content (AvgIpc) is 3.66. The molecule has 1 aliphatic rings. The van der Waals surface area contributed by atoms with Gasteiger partial charge in [0, 0.05) is 68.6 Å². The van der Waals surface area contributed by atoms with Gasteiger partial charge < -0.3 is 30.0 Å². The van der Waals surface area contributed by atoms with Crippen molar-refractivity contribution in [1.82, 2.24) is 24.0 Å². The average molecular weight is 658 g/mol. The number of aliphatic hydroxyl groups excluding tert-OH is 2. The van der Waals surface area contributed by atoms with Crippen LogP contribution in [0.4, 0.5) is 17.2 Å². The first kappa shape index (κ1) is 32.2. The minimum atomic E-state index is -0.324. The molecule has 4 aromatic heterocycles. The van der Waals surface area contributed by atoms with Crippen LogP contribution >= 0.6 is 0 Å². The van der Waals surface area contributed by atoms with Crippen molar-refractivity contribution in [1.29, 1.82) is 0 Å². The van der Waals surface area contributed by atoms with Crippen LogP contribution in [-0.2, 0) is 20.1 Å². The highest BCUT2D eigenvalue weighted by atomic mass is 16.3. The maximum absolute atomic E-state index is 13.6. The molecule has 1 aliphatic heterocycles. The molecular weight excluding hydrogens is 618 g/mol. The predicted molar refractivity (Wildman–Crippen MR) is 192 cm³/mol. The first-order chi connectivity index (χ1) is 23.7. The van der Waals surface area contributed by atoms with Crippen molar-refractivity contribution in [2.45, 2.75) is 39.5 Å². The molecule has 4 N–H and O–H groups in total. The van der Waals surface area contributed by atoms with Gasteiger partial charge in [-0.25, -0.2) is 4.98 Å². The number of pyridine rings is 3. The van der Waals surface area contributed by atoms with Crippen LogP contribution in [0.25, 0.3) is 32.9 Å². The molecule has 2 aromatic carbocycles. The number of aliphatic hydroxyl groups is 2. The summed E-state index contributed by atoms with van der Waals surface area (Å²) in [5, 5.41) is 27.2. The molecule has 250 valence electrons. The number of hydrogen-bond acceptors (Lipinski definition) is 8. The fraction of sp³-hybridized carbons (Fsp3) is 0.263. The number of anilines is 3. The Morgan fingerprint density at radius 2 is 1.76 bits per heavy atom. The molecule has 1 amide bonds. The molecule has 11 nitrogen and oxygen atoms in total. The van der Waals surface area contributed by atoms with Gasteiger partial charge in [-0.2, -0.15) is 0 Å². The molecule has 6 aromatic rings. The van der Waals surface area contributed by atoms with Crippen molar-refractivity contribution in [3.8, 4) is 11.1 Å². The number of aryl methyl sites for hydroxylation is 1. The van der Waals surface area contributed by atoms with Gasteiger partial charge >= 0.3 is 0 Å². The van der Waals surface area contributed by atoms with Crippen LogP contribution in [0.1, 0.15) is 33.6 Å². The Kier molecular flexibility index (Phi) is 8.72. The third-order valence-corrected chi connectivity index (χ3v) is 9.53. The van der Waals surface area contributed by atoms with E-state index in [0.29, 0.717) is 34.6 Å². The van der Waals surface area contributed by atoms with Gasteiger partial charge in [-0.1, -0.05) is 24.3 Å². The highest BCUT2D eigenvalue weighted by Crippen LogP contribution is 2.35. The summed E-state index contributed by atoms with van der Waals surface area (Å²) in [7, 11) is 1.76. The Bertz CT molecular complexity index is 2280. The van der Waals surface area contributed by atoms with Crippen LogP contribution < -0.4 is 16.2 Å². The van der Waals surface area contributed by atoms with Gasteiger partial charge in [-0.05, 0) is 84.5 Å². The van der Waals surface area contributed by atoms with Gasteiger partial charge in [-0.3, -0.25) is 19.5 Å². The molecule has 1 saturated heterocycles. The Hall–Kier alpha value is -5.36. The number of likely N-dealkylation sites (tertiary alicyclic amines) is 1. The second kappa shape index (κ2) is 13.3. The lowest BCUT2D eigenvalue weighted by atomic mass is 9.94. The van der Waals surface area contributed by atoms with Gasteiger partial charge in [0.25, 0.3) is 11.5 Å². The summed E-state index contributed by atoms with van der Waals surface area (Å²) in [5.41, 5.74) is 8.11. The number of carbonyl (C=O) groups is 1. The molecule has 7 rings (SSSR count). The van der Waals surface area contributed by atoms with Crippen molar-refractivity contribution in [3.05, 3.63) is 112 Å². The fourth-order valence-electron chi connectivity index (χ4n) is 6.81. The quantitative estimate of drug-likeness (QED) is 0.168. The van der Waals surface area contributed by atoms with Gasteiger partial charge in [0.2, 0.25) is 0 Å². The fourth-order valence-corrected chi connectivity index (χ4v) is 6.81. The van der Waals surface area contributed by atoms with Crippen molar-refractivity contribution < 1.29 is 15.0 Å². The summed E-state index contributed by atoms with van der Waals surface area (Å²) >= 11 is 0. The molecule has 0 spiro atoms. The highest BCUT2D eigenvalue weighted by molar-refractivity contribution is 6.07. The van der Waals surface area contributed by atoms with Gasteiger partial charge in [0.05, 0.1) is 23.6 Å². The van der Waals surface area contributed by atoms with Crippen LogP contribution in [0.2, 0.25) is 0 Å². The number of nitrogens with one attached hydrogen (secondary N) is 2. The molecular formula is C38H39N7O4. The second-order valence-corrected chi connectivity index (χ2v) is 12.7. The zero-order valence-corrected chi connectivity index (χ0v) is 27.8. The highest BCUT2D eigenvalue weighted by Gasteiger charge is 2.21. The molecule has 0 aliphatic carbocycles. The van der Waals surface area contributed by atoms with Crippen molar-refractivity contribution in [2.75, 3.05) is 30.3 Å². The van der Waals surface area contributed by atoms with E-state index in [4.69, 9.17) is 4.98 Å². The number of carbonyl (C=O) groups excluding carboxylic acids is 1. The third-order valence-electron chi connectivity index (χ3n) is 9.53. The molecule has 5 heterocycles. The number of hydrogen-bond donors (Lipinski definition) is 4. The van der Waals surface area contributed by atoms with E-state index >= 15 is 0 Å². The smallest absolute Gasteiger partial charge is 0.272 e. The van der Waals surface area contributed by atoms with E-state index in [1.165, 1.54) is 4.57 Å². The van der Waals surface area contributed by atoms with E-state index in [0.717, 1.165) is 63.9 Å². The number of aromatic nitrogens is 4. The normalized spacial score (nSPS) is 14.9. The molecule has 1 fully saturated rings. The van der Waals surface area contributed by atoms with Crippen LogP contribution in [0.5, 0.6) is 0 Å². The summed E-state index contributed by atoms with van der Waals surface area (Å²) in [4.78, 5) is 38.1. The largest absolute Gasteiger partial charge is 0.395 e. The molecule has 11 heteroatoms. The molecule has 1 atom stereocenters. The number of β-amino-alcohol motifs (C(OH)–C–C–N with tert-alkyl or cyclic N) is 1. The number of benzene rings is 2. The molecule has 0 unspecified atom stereocenters. The van der Waals surface area contributed by atoms with E-state index < -0.39 is 0 Å². The first-order valence-electron chi connectivity index (χ1n) is 16.4. The molecule has 0 radical (unpaired) electrons. The Morgan fingerprint density at radius 1 is 1.00 bits per heavy atom. The molecule has 0 bridgehead atoms. The lowest BCUT2D eigenvalue weighted by Crippen LogP contribution is -2.21. The number of nitrogens with zero attached hydrogens (tertiary/aromatic N) is 5. The maximum atomic E-state index is 13.6. The van der Waals surface area contributed by atoms with Crippen molar-refractivity contribution >= 4 is 44.9 Å². The van der Waals surface area contributed by atoms with Crippen molar-refractivity contribution in [3.63, 3.8) is 0 Å². The van der Waals surface area contributed by atoms with Crippen molar-refractivity contribution in [2.24, 2.45) is 7.05 Å². The summed E-state index contributed by atoms with van der Waals surface area (Å²) < 4.78 is 3.15. The maximum Gasteiger partial charge on any atom is 0.272 e. The van der Waals surface area contributed by atoms with Crippen LogP contribution in [0.3, 0.4) is 0 Å². The van der Waals surface area contributed by atoms with E-state index in [1.807, 2.05) is 49.5 Å². The molecule has 49 heavy (non-hydrogen) atoms. The van der Waals surface area contributed by atoms with Gasteiger partial charge in [0.1, 0.15) is 11.2 Å². The van der Waals surface area contributed by atoms with Crippen LogP contribution in [0, 0.1) is 13.8 Å². The first-order valence-corrected chi connectivity index (χ1v) is 16.4. The van der Waals surface area contributed by atoms with Crippen LogP contribution in [0.15, 0.2) is 84.0 Å². The Labute approximate surface area is 283 Å². The predicted octanol–water partition coefficient (Wildman–Crippen LogP) is 5.12. The Balaban J connectivity index is 1.14. The summed E-state index contributed by atoms with van der Waals surface area (Å²) in [5.74, 6) is 0.339. The lowest BCUT2D eigenvalue weighted by molar-refractivity contribution is 0.101. The number of fused-ring (bicyclic) bond motifs is 2. The van der Waals surface area contributed by atoms with E-state index in [-0.39, 0.29) is 30.7 Å². The minimum Gasteiger partial charge on any atom is -0.395 e. The standard InChI is InChI=1S/C38H39N7O4/c1-23-28(6-4-8-31(23)41-36-35-26(10-13-39-36)18-25(20-40-35)21-44-14-11-27(47)22-44)29-7-5-9-32(24(29)2)42-37(48)34-19-30-33(43(34)3)12-15-45(16-17-46)38(30)49/h4-10,12-13,15,18-20,27,46-47H,11,14,16-17,21-22H2,1-3H3,(H,39,41)(H,42,48)/t27-/m1/s1.